The van der Waals surface area contributed by atoms with Gasteiger partial charge in [-0.05, 0) is 55.9 Å². The number of fused-ring (bicyclic) bond motifs is 1. The molecule has 0 atom stereocenters. The second-order valence-electron chi connectivity index (χ2n) is 7.89. The largest absolute Gasteiger partial charge is 0.379 e. The van der Waals surface area contributed by atoms with E-state index in [1.807, 2.05) is 17.0 Å². The van der Waals surface area contributed by atoms with Gasteiger partial charge in [-0.25, -0.2) is 0 Å². The fourth-order valence-electron chi connectivity index (χ4n) is 4.49. The zero-order valence-electron chi connectivity index (χ0n) is 16.5. The predicted molar refractivity (Wildman–Crippen MR) is 113 cm³/mol. The Morgan fingerprint density at radius 1 is 1.14 bits per heavy atom. The van der Waals surface area contributed by atoms with Gasteiger partial charge >= 0.3 is 0 Å². The normalized spacial score (nSPS) is 19.4. The molecule has 28 heavy (non-hydrogen) atoms. The summed E-state index contributed by atoms with van der Waals surface area (Å²) in [5.41, 5.74) is 3.18. The van der Waals surface area contributed by atoms with Gasteiger partial charge in [0, 0.05) is 60.8 Å². The highest BCUT2D eigenvalue weighted by molar-refractivity contribution is 6.17. The number of nitrogens with one attached hydrogen (secondary N) is 1. The van der Waals surface area contributed by atoms with E-state index in [0.717, 1.165) is 82.6 Å². The molecule has 0 radical (unpaired) electrons. The summed E-state index contributed by atoms with van der Waals surface area (Å²) in [6.07, 6.45) is 7.27. The summed E-state index contributed by atoms with van der Waals surface area (Å²) >= 11 is 5.81. The number of hydrogen-bond donors (Lipinski definition) is 1. The number of H-pyrrole nitrogens is 1. The van der Waals surface area contributed by atoms with E-state index in [-0.39, 0.29) is 5.91 Å². The number of carbonyl (C=O) groups excluding carboxylic acids is 1. The van der Waals surface area contributed by atoms with Gasteiger partial charge in [0.2, 0.25) is 0 Å². The molecular weight excluding hydrogens is 374 g/mol. The van der Waals surface area contributed by atoms with Gasteiger partial charge < -0.3 is 14.6 Å². The Morgan fingerprint density at radius 2 is 1.93 bits per heavy atom. The number of piperidine rings is 1. The molecule has 2 aliphatic rings. The lowest BCUT2D eigenvalue weighted by Crippen LogP contribution is -2.50. The van der Waals surface area contributed by atoms with Crippen LogP contribution in [0.3, 0.4) is 0 Å². The summed E-state index contributed by atoms with van der Waals surface area (Å²) in [7, 11) is 0. The average molecular weight is 404 g/mol. The number of alkyl halides is 1. The first-order valence-electron chi connectivity index (χ1n) is 10.5. The first kappa shape index (κ1) is 19.7. The molecule has 2 aliphatic heterocycles. The maximum atomic E-state index is 13.1. The maximum Gasteiger partial charge on any atom is 0.253 e. The number of amides is 1. The smallest absolute Gasteiger partial charge is 0.253 e. The van der Waals surface area contributed by atoms with Crippen molar-refractivity contribution in [3.63, 3.8) is 0 Å². The number of morpholine rings is 1. The van der Waals surface area contributed by atoms with Crippen LogP contribution >= 0.6 is 11.6 Å². The van der Waals surface area contributed by atoms with Crippen molar-refractivity contribution in [3.8, 4) is 0 Å². The number of rotatable bonds is 6. The number of nitrogens with zero attached hydrogens (tertiary/aromatic N) is 2. The minimum absolute atomic E-state index is 0.162. The number of aromatic amines is 1. The summed E-state index contributed by atoms with van der Waals surface area (Å²) in [6.45, 7) is 5.40. The molecule has 152 valence electrons. The number of benzene rings is 1. The third-order valence-corrected chi connectivity index (χ3v) is 6.43. The Morgan fingerprint density at radius 3 is 2.68 bits per heavy atom. The monoisotopic (exact) mass is 403 g/mol. The van der Waals surface area contributed by atoms with Gasteiger partial charge in [-0.15, -0.1) is 11.6 Å². The van der Waals surface area contributed by atoms with Gasteiger partial charge in [-0.2, -0.15) is 0 Å². The molecule has 3 heterocycles. The van der Waals surface area contributed by atoms with Gasteiger partial charge in [-0.3, -0.25) is 9.69 Å². The number of halogens is 1. The second kappa shape index (κ2) is 9.29. The van der Waals surface area contributed by atoms with Gasteiger partial charge in [-0.1, -0.05) is 0 Å². The molecular formula is C22H30ClN3O2. The van der Waals surface area contributed by atoms with E-state index in [2.05, 4.69) is 22.1 Å². The van der Waals surface area contributed by atoms with Crippen molar-refractivity contribution >= 4 is 28.4 Å². The summed E-state index contributed by atoms with van der Waals surface area (Å²) in [5.74, 6) is 0.863. The molecule has 5 nitrogen and oxygen atoms in total. The number of aryl methyl sites for hydroxylation is 1. The van der Waals surface area contributed by atoms with Crippen LogP contribution in [0.1, 0.15) is 41.6 Å². The number of carbonyl (C=O) groups is 1. The zero-order chi connectivity index (χ0) is 19.3. The number of aromatic nitrogens is 1. The molecule has 1 aromatic carbocycles. The van der Waals surface area contributed by atoms with E-state index >= 15 is 0 Å². The SMILES string of the molecule is O=C(c1ccc2[nH]cc(CCCCCl)c2c1)N1CCC(N2CCOCC2)CC1. The van der Waals surface area contributed by atoms with Crippen molar-refractivity contribution in [2.24, 2.45) is 0 Å². The van der Waals surface area contributed by atoms with Gasteiger partial charge in [0.25, 0.3) is 5.91 Å². The van der Waals surface area contributed by atoms with Crippen molar-refractivity contribution < 1.29 is 9.53 Å². The molecule has 0 spiro atoms. The number of hydrogen-bond acceptors (Lipinski definition) is 3. The molecule has 2 saturated heterocycles. The van der Waals surface area contributed by atoms with Crippen LogP contribution in [-0.4, -0.2) is 72.0 Å². The third-order valence-electron chi connectivity index (χ3n) is 6.16. The topological polar surface area (TPSA) is 48.6 Å². The molecule has 1 aromatic heterocycles. The van der Waals surface area contributed by atoms with Gasteiger partial charge in [0.15, 0.2) is 0 Å². The Hall–Kier alpha value is -1.56. The van der Waals surface area contributed by atoms with Crippen LogP contribution in [0.15, 0.2) is 24.4 Å². The Kier molecular flexibility index (Phi) is 6.55. The number of likely N-dealkylation sites (tertiary alicyclic amines) is 1. The van der Waals surface area contributed by atoms with Crippen molar-refractivity contribution in [2.75, 3.05) is 45.3 Å². The first-order chi connectivity index (χ1) is 13.8. The molecule has 2 aromatic rings. The highest BCUT2D eigenvalue weighted by atomic mass is 35.5. The quantitative estimate of drug-likeness (QED) is 0.591. The van der Waals surface area contributed by atoms with Gasteiger partial charge in [0.1, 0.15) is 0 Å². The molecule has 0 bridgehead atoms. The van der Waals surface area contributed by atoms with Crippen molar-refractivity contribution in [3.05, 3.63) is 35.5 Å². The van der Waals surface area contributed by atoms with E-state index < -0.39 is 0 Å². The molecule has 0 unspecified atom stereocenters. The third kappa shape index (κ3) is 4.37. The zero-order valence-corrected chi connectivity index (χ0v) is 17.2. The van der Waals surface area contributed by atoms with Crippen LogP contribution in [0.25, 0.3) is 10.9 Å². The van der Waals surface area contributed by atoms with Crippen LogP contribution < -0.4 is 0 Å². The van der Waals surface area contributed by atoms with E-state index in [9.17, 15) is 4.79 Å². The Balaban J connectivity index is 1.40. The van der Waals surface area contributed by atoms with Gasteiger partial charge in [0.05, 0.1) is 13.2 Å². The minimum Gasteiger partial charge on any atom is -0.379 e. The van der Waals surface area contributed by atoms with Crippen LogP contribution in [0.2, 0.25) is 0 Å². The molecule has 2 fully saturated rings. The van der Waals surface area contributed by atoms with Crippen molar-refractivity contribution in [1.82, 2.24) is 14.8 Å². The summed E-state index contributed by atoms with van der Waals surface area (Å²) in [5, 5.41) is 1.17. The fourth-order valence-corrected chi connectivity index (χ4v) is 4.68. The van der Waals surface area contributed by atoms with Crippen LogP contribution in [0, 0.1) is 0 Å². The fraction of sp³-hybridized carbons (Fsp3) is 0.591. The Labute approximate surface area is 172 Å². The predicted octanol–water partition coefficient (Wildman–Crippen LogP) is 3.67. The van der Waals surface area contributed by atoms with E-state index in [0.29, 0.717) is 11.9 Å². The van der Waals surface area contributed by atoms with Crippen LogP contribution in [0.4, 0.5) is 0 Å². The molecule has 0 saturated carbocycles. The van der Waals surface area contributed by atoms with Crippen LogP contribution in [-0.2, 0) is 11.2 Å². The number of ether oxygens (including phenoxy) is 1. The van der Waals surface area contributed by atoms with E-state index in [4.69, 9.17) is 16.3 Å². The highest BCUT2D eigenvalue weighted by Crippen LogP contribution is 2.24. The van der Waals surface area contributed by atoms with Crippen LogP contribution in [0.5, 0.6) is 0 Å². The summed E-state index contributed by atoms with van der Waals surface area (Å²) in [4.78, 5) is 21.0. The van der Waals surface area contributed by atoms with Crippen molar-refractivity contribution in [1.29, 1.82) is 0 Å². The number of unbranched alkanes of at least 4 members (excludes halogenated alkanes) is 1. The Bertz CT molecular complexity index is 792. The molecule has 4 rings (SSSR count). The lowest BCUT2D eigenvalue weighted by Gasteiger charge is -2.40. The lowest BCUT2D eigenvalue weighted by molar-refractivity contribution is 0.00159. The van der Waals surface area contributed by atoms with Crippen molar-refractivity contribution in [2.45, 2.75) is 38.1 Å². The second-order valence-corrected chi connectivity index (χ2v) is 8.27. The summed E-state index contributed by atoms with van der Waals surface area (Å²) in [6, 6.07) is 6.65. The molecule has 0 aliphatic carbocycles. The highest BCUT2D eigenvalue weighted by Gasteiger charge is 2.28. The molecule has 6 heteroatoms. The van der Waals surface area contributed by atoms with E-state index in [1.165, 1.54) is 10.9 Å². The minimum atomic E-state index is 0.162. The standard InChI is InChI=1S/C22H30ClN3O2/c23-8-2-1-3-18-16-24-21-5-4-17(15-20(18)21)22(27)26-9-6-19(7-10-26)25-11-13-28-14-12-25/h4-5,15-16,19,24H,1-3,6-14H2. The average Bonchev–Trinajstić information content (AvgIpc) is 3.16. The molecule has 1 amide bonds. The lowest BCUT2D eigenvalue weighted by atomic mass is 10.0. The van der Waals surface area contributed by atoms with E-state index in [1.54, 1.807) is 0 Å². The maximum absolute atomic E-state index is 13.1. The molecule has 1 N–H and O–H groups in total. The first-order valence-corrected chi connectivity index (χ1v) is 11.1. The summed E-state index contributed by atoms with van der Waals surface area (Å²) < 4.78 is 5.46.